The smallest absolute Gasteiger partial charge is 0.210 e. The number of rotatable bonds is 9. The van der Waals surface area contributed by atoms with Crippen LogP contribution in [-0.4, -0.2) is 56.0 Å². The van der Waals surface area contributed by atoms with Crippen LogP contribution in [-0.2, 0) is 7.05 Å². The monoisotopic (exact) mass is 543 g/mol. The molecule has 0 aliphatic carbocycles. The summed E-state index contributed by atoms with van der Waals surface area (Å²) in [4.78, 5) is 3.26. The number of likely N-dealkylation sites (N-methyl/N-ethyl adjacent to an activating group) is 2. The first-order chi connectivity index (χ1) is 15.7. The summed E-state index contributed by atoms with van der Waals surface area (Å²) in [5.41, 5.74) is 4.98. The summed E-state index contributed by atoms with van der Waals surface area (Å²) in [7, 11) is 8.65. The molecule has 0 saturated carbocycles. The van der Waals surface area contributed by atoms with E-state index in [4.69, 9.17) is 0 Å². The number of nitrogens with zero attached hydrogens (tertiary/aromatic N) is 7. The van der Waals surface area contributed by atoms with Crippen molar-refractivity contribution in [1.82, 2.24) is 4.57 Å². The van der Waals surface area contributed by atoms with Gasteiger partial charge in [-0.3, -0.25) is 0 Å². The minimum Gasteiger partial charge on any atom is -1.00 e. The van der Waals surface area contributed by atoms with Crippen molar-refractivity contribution in [2.24, 2.45) is 27.5 Å². The van der Waals surface area contributed by atoms with Gasteiger partial charge in [0, 0.05) is 30.4 Å². The predicted octanol–water partition coefficient (Wildman–Crippen LogP) is 2.28. The van der Waals surface area contributed by atoms with Crippen LogP contribution in [0.1, 0.15) is 18.2 Å². The van der Waals surface area contributed by atoms with Crippen molar-refractivity contribution in [1.29, 1.82) is 0 Å². The van der Waals surface area contributed by atoms with Crippen LogP contribution in [0.15, 0.2) is 74.3 Å². The van der Waals surface area contributed by atoms with Gasteiger partial charge in [-0.15, -0.1) is 16.4 Å². The Kier molecular flexibility index (Phi) is 10.3. The van der Waals surface area contributed by atoms with Crippen molar-refractivity contribution in [3.8, 4) is 0 Å². The van der Waals surface area contributed by atoms with Gasteiger partial charge in [0.15, 0.2) is 0 Å². The van der Waals surface area contributed by atoms with E-state index in [1.54, 1.807) is 17.6 Å². The number of anilines is 1. The number of hydrogen-bond donors (Lipinski definition) is 0. The SMILES string of the molecule is CCN(CC[N+](C)(C)C)c1ccc(N=Nc2ccc(C=NN=c3scc(C)n3C)cc2)cc1.[Br-]. The van der Waals surface area contributed by atoms with Crippen LogP contribution in [0, 0.1) is 6.92 Å². The van der Waals surface area contributed by atoms with E-state index in [0.717, 1.165) is 45.9 Å². The Morgan fingerprint density at radius 3 is 2.06 bits per heavy atom. The van der Waals surface area contributed by atoms with E-state index in [0.29, 0.717) is 0 Å². The largest absolute Gasteiger partial charge is 1.00 e. The minimum absolute atomic E-state index is 0. The average Bonchev–Trinajstić information content (AvgIpc) is 3.11. The number of azo groups is 1. The highest BCUT2D eigenvalue weighted by Gasteiger charge is 2.11. The third-order valence-electron chi connectivity index (χ3n) is 5.31. The van der Waals surface area contributed by atoms with E-state index in [2.05, 4.69) is 70.9 Å². The van der Waals surface area contributed by atoms with Crippen LogP contribution in [0.5, 0.6) is 0 Å². The van der Waals surface area contributed by atoms with Gasteiger partial charge < -0.3 is 30.9 Å². The molecule has 0 bridgehead atoms. The molecule has 0 atom stereocenters. The molecule has 0 aliphatic rings. The lowest BCUT2D eigenvalue weighted by Gasteiger charge is -2.29. The van der Waals surface area contributed by atoms with Crippen molar-refractivity contribution in [3.63, 3.8) is 0 Å². The first-order valence-corrected chi connectivity index (χ1v) is 12.0. The fourth-order valence-corrected chi connectivity index (χ4v) is 3.88. The second-order valence-corrected chi connectivity index (χ2v) is 9.80. The molecule has 0 fully saturated rings. The molecule has 0 spiro atoms. The minimum atomic E-state index is 0. The van der Waals surface area contributed by atoms with Crippen molar-refractivity contribution >= 4 is 34.6 Å². The molecule has 1 aromatic heterocycles. The fraction of sp³-hybridized carbons (Fsp3) is 0.360. The molecule has 0 aliphatic heterocycles. The van der Waals surface area contributed by atoms with Gasteiger partial charge >= 0.3 is 0 Å². The maximum absolute atomic E-state index is 4.38. The van der Waals surface area contributed by atoms with Crippen molar-refractivity contribution in [3.05, 3.63) is 70.0 Å². The molecule has 1 heterocycles. The number of benzene rings is 2. The summed E-state index contributed by atoms with van der Waals surface area (Å²) in [6, 6.07) is 16.0. The highest BCUT2D eigenvalue weighted by atomic mass is 79.9. The molecule has 0 N–H and O–H groups in total. The molecular formula is C25H34BrN7S. The summed E-state index contributed by atoms with van der Waals surface area (Å²) in [5.74, 6) is 0. The molecule has 182 valence electrons. The van der Waals surface area contributed by atoms with Crippen LogP contribution < -0.4 is 26.7 Å². The van der Waals surface area contributed by atoms with E-state index < -0.39 is 0 Å². The molecule has 3 rings (SSSR count). The second-order valence-electron chi connectivity index (χ2n) is 8.96. The molecular weight excluding hydrogens is 510 g/mol. The molecule has 3 aromatic rings. The normalized spacial score (nSPS) is 12.5. The van der Waals surface area contributed by atoms with Gasteiger partial charge in [-0.2, -0.15) is 15.3 Å². The lowest BCUT2D eigenvalue weighted by Crippen LogP contribution is -3.00. The Balaban J connectivity index is 0.00000408. The Morgan fingerprint density at radius 1 is 0.971 bits per heavy atom. The van der Waals surface area contributed by atoms with Gasteiger partial charge in [-0.1, -0.05) is 12.1 Å². The maximum atomic E-state index is 4.38. The Labute approximate surface area is 217 Å². The van der Waals surface area contributed by atoms with Gasteiger partial charge in [0.1, 0.15) is 0 Å². The highest BCUT2D eigenvalue weighted by Crippen LogP contribution is 2.22. The van der Waals surface area contributed by atoms with E-state index in [1.807, 2.05) is 54.9 Å². The third kappa shape index (κ3) is 8.30. The van der Waals surface area contributed by atoms with E-state index in [-0.39, 0.29) is 17.0 Å². The summed E-state index contributed by atoms with van der Waals surface area (Å²) in [5, 5.41) is 19.3. The molecule has 34 heavy (non-hydrogen) atoms. The van der Waals surface area contributed by atoms with Gasteiger partial charge in [-0.25, -0.2) is 0 Å². The first-order valence-electron chi connectivity index (χ1n) is 11.1. The quantitative estimate of drug-likeness (QED) is 0.177. The van der Waals surface area contributed by atoms with Crippen LogP contribution >= 0.6 is 11.3 Å². The highest BCUT2D eigenvalue weighted by molar-refractivity contribution is 7.07. The number of aryl methyl sites for hydroxylation is 1. The molecule has 0 amide bonds. The standard InChI is InChI=1S/C25H34N7S.BrH/c1-7-31(16-17-32(4,5)6)24-14-12-23(13-15-24)28-27-22-10-8-21(9-11-22)18-26-29-25-30(3)20(2)19-33-25;/h8-15,18-19H,7,16-17H2,1-6H3;1H/q+1;/p-1. The topological polar surface area (TPSA) is 57.6 Å². The van der Waals surface area contributed by atoms with Crippen LogP contribution in [0.4, 0.5) is 17.1 Å². The van der Waals surface area contributed by atoms with Gasteiger partial charge in [0.2, 0.25) is 4.80 Å². The molecule has 7 nitrogen and oxygen atoms in total. The number of halogens is 1. The lowest BCUT2D eigenvalue weighted by molar-refractivity contribution is -0.868. The number of aromatic nitrogens is 1. The van der Waals surface area contributed by atoms with E-state index in [9.17, 15) is 0 Å². The van der Waals surface area contributed by atoms with Gasteiger partial charge in [-0.05, 0) is 55.8 Å². The molecule has 9 heteroatoms. The summed E-state index contributed by atoms with van der Waals surface area (Å²) >= 11 is 1.58. The third-order valence-corrected chi connectivity index (χ3v) is 6.34. The molecule has 0 radical (unpaired) electrons. The first kappa shape index (κ1) is 27.6. The maximum Gasteiger partial charge on any atom is 0.210 e. The molecule has 0 unspecified atom stereocenters. The van der Waals surface area contributed by atoms with Crippen LogP contribution in [0.2, 0.25) is 0 Å². The Morgan fingerprint density at radius 2 is 1.56 bits per heavy atom. The second kappa shape index (κ2) is 12.7. The van der Waals surface area contributed by atoms with Gasteiger partial charge in [0.25, 0.3) is 0 Å². The van der Waals surface area contributed by atoms with Crippen LogP contribution in [0.25, 0.3) is 0 Å². The van der Waals surface area contributed by atoms with Crippen LogP contribution in [0.3, 0.4) is 0 Å². The van der Waals surface area contributed by atoms with Crippen molar-refractivity contribution < 1.29 is 21.5 Å². The fourth-order valence-electron chi connectivity index (χ4n) is 3.05. The molecule has 2 aromatic carbocycles. The number of hydrogen-bond acceptors (Lipinski definition) is 6. The Bertz CT molecular complexity index is 1150. The number of thiazole rings is 1. The summed E-state index contributed by atoms with van der Waals surface area (Å²) in [6.07, 6.45) is 1.74. The zero-order valence-electron chi connectivity index (χ0n) is 20.8. The zero-order chi connectivity index (χ0) is 23.8. The van der Waals surface area contributed by atoms with Crippen molar-refractivity contribution in [2.45, 2.75) is 13.8 Å². The number of quaternary nitrogens is 1. The molecule has 0 saturated heterocycles. The predicted molar refractivity (Wildman–Crippen MR) is 139 cm³/mol. The van der Waals surface area contributed by atoms with Gasteiger partial charge in [0.05, 0.1) is 51.8 Å². The zero-order valence-corrected chi connectivity index (χ0v) is 23.2. The average molecular weight is 545 g/mol. The van der Waals surface area contributed by atoms with Crippen molar-refractivity contribution in [2.75, 3.05) is 45.7 Å². The van der Waals surface area contributed by atoms with E-state index in [1.165, 1.54) is 11.4 Å². The lowest BCUT2D eigenvalue weighted by atomic mass is 10.2. The summed E-state index contributed by atoms with van der Waals surface area (Å²) < 4.78 is 2.97. The van der Waals surface area contributed by atoms with E-state index >= 15 is 0 Å². The Hall–Kier alpha value is -2.62. The summed E-state index contributed by atoms with van der Waals surface area (Å²) in [6.45, 7) is 7.34.